The number of carbonyl (C=O) groups is 2. The van der Waals surface area contributed by atoms with E-state index in [-0.39, 0.29) is 11.8 Å². The minimum atomic E-state index is -0.145. The molecule has 2 amide bonds. The molecular formula is C23H22ClN3O4S. The first-order valence-corrected chi connectivity index (χ1v) is 11.3. The van der Waals surface area contributed by atoms with Gasteiger partial charge in [0.1, 0.15) is 10.7 Å². The Bertz CT molecular complexity index is 1120. The number of rotatable bonds is 5. The van der Waals surface area contributed by atoms with E-state index in [4.69, 9.17) is 21.1 Å². The Labute approximate surface area is 195 Å². The lowest BCUT2D eigenvalue weighted by molar-refractivity contribution is 0.0533. The fraction of sp³-hybridized carbons (Fsp3) is 0.261. The number of hydrogen-bond acceptors (Lipinski definition) is 6. The second-order valence-corrected chi connectivity index (χ2v) is 8.46. The van der Waals surface area contributed by atoms with Crippen LogP contribution in [0.3, 0.4) is 0 Å². The molecule has 0 spiro atoms. The third-order valence-corrected chi connectivity index (χ3v) is 6.43. The fourth-order valence-electron chi connectivity index (χ4n) is 3.60. The Balaban J connectivity index is 1.43. The predicted octanol–water partition coefficient (Wildman–Crippen LogP) is 4.08. The van der Waals surface area contributed by atoms with Crippen LogP contribution in [0.25, 0.3) is 10.6 Å². The summed E-state index contributed by atoms with van der Waals surface area (Å²) >= 11 is 7.28. The summed E-state index contributed by atoms with van der Waals surface area (Å²) in [6.07, 6.45) is 0. The summed E-state index contributed by atoms with van der Waals surface area (Å²) in [5.74, 6) is 0.981. The number of halogens is 1. The number of piperazine rings is 1. The number of aromatic nitrogens is 1. The standard InChI is InChI=1S/C23H22ClN3O4S/c1-30-19-5-3-4-17(20(19)31-2)21-25-18(14-32-21)23(29)27-12-10-26(11-13-27)22(28)15-6-8-16(24)9-7-15/h3-9,14H,10-13H2,1-2H3. The monoisotopic (exact) mass is 471 g/mol. The van der Waals surface area contributed by atoms with Crippen LogP contribution in [0.1, 0.15) is 20.8 Å². The van der Waals surface area contributed by atoms with E-state index in [1.807, 2.05) is 18.2 Å². The van der Waals surface area contributed by atoms with Crippen molar-refractivity contribution < 1.29 is 19.1 Å². The highest BCUT2D eigenvalue weighted by molar-refractivity contribution is 7.13. The molecule has 2 aromatic carbocycles. The van der Waals surface area contributed by atoms with Crippen LogP contribution in [0.15, 0.2) is 47.8 Å². The van der Waals surface area contributed by atoms with Crippen LogP contribution in [0.4, 0.5) is 0 Å². The van der Waals surface area contributed by atoms with Gasteiger partial charge in [-0.1, -0.05) is 17.7 Å². The van der Waals surface area contributed by atoms with Gasteiger partial charge in [-0.25, -0.2) is 4.98 Å². The molecule has 1 fully saturated rings. The van der Waals surface area contributed by atoms with Gasteiger partial charge in [0.15, 0.2) is 11.5 Å². The summed E-state index contributed by atoms with van der Waals surface area (Å²) in [5, 5.41) is 3.02. The fourth-order valence-corrected chi connectivity index (χ4v) is 4.54. The molecule has 1 aromatic heterocycles. The van der Waals surface area contributed by atoms with Crippen LogP contribution in [0.2, 0.25) is 5.02 Å². The van der Waals surface area contributed by atoms with Crippen molar-refractivity contribution in [1.29, 1.82) is 0 Å². The molecule has 4 rings (SSSR count). The van der Waals surface area contributed by atoms with Crippen LogP contribution < -0.4 is 9.47 Å². The zero-order valence-corrected chi connectivity index (χ0v) is 19.3. The lowest BCUT2D eigenvalue weighted by atomic mass is 10.2. The normalized spacial score (nSPS) is 13.7. The molecule has 7 nitrogen and oxygen atoms in total. The molecule has 0 radical (unpaired) electrons. The van der Waals surface area contributed by atoms with Crippen molar-refractivity contribution >= 4 is 34.8 Å². The van der Waals surface area contributed by atoms with Crippen molar-refractivity contribution in [3.05, 3.63) is 64.1 Å². The molecule has 0 atom stereocenters. The van der Waals surface area contributed by atoms with E-state index in [2.05, 4.69) is 4.98 Å². The second kappa shape index (κ2) is 9.58. The van der Waals surface area contributed by atoms with Gasteiger partial charge >= 0.3 is 0 Å². The van der Waals surface area contributed by atoms with E-state index < -0.39 is 0 Å². The zero-order valence-electron chi connectivity index (χ0n) is 17.7. The Morgan fingerprint density at radius 3 is 2.22 bits per heavy atom. The number of benzene rings is 2. The molecule has 166 valence electrons. The lowest BCUT2D eigenvalue weighted by Crippen LogP contribution is -2.50. The number of methoxy groups -OCH3 is 2. The smallest absolute Gasteiger partial charge is 0.273 e. The van der Waals surface area contributed by atoms with E-state index in [0.717, 1.165) is 5.56 Å². The minimum absolute atomic E-state index is 0.0603. The minimum Gasteiger partial charge on any atom is -0.493 e. The Hall–Kier alpha value is -3.10. The molecule has 1 saturated heterocycles. The molecule has 1 aliphatic rings. The summed E-state index contributed by atoms with van der Waals surface area (Å²) in [6, 6.07) is 12.4. The van der Waals surface area contributed by atoms with Gasteiger partial charge < -0.3 is 19.3 Å². The average molecular weight is 472 g/mol. The van der Waals surface area contributed by atoms with Crippen molar-refractivity contribution in [2.75, 3.05) is 40.4 Å². The summed E-state index contributed by atoms with van der Waals surface area (Å²) in [4.78, 5) is 33.7. The summed E-state index contributed by atoms with van der Waals surface area (Å²) in [5.41, 5.74) is 1.74. The molecule has 0 bridgehead atoms. The molecule has 0 aliphatic carbocycles. The lowest BCUT2D eigenvalue weighted by Gasteiger charge is -2.34. The van der Waals surface area contributed by atoms with E-state index in [9.17, 15) is 9.59 Å². The molecular weight excluding hydrogens is 450 g/mol. The molecule has 0 unspecified atom stereocenters. The number of hydrogen-bond donors (Lipinski definition) is 0. The van der Waals surface area contributed by atoms with Gasteiger partial charge in [0, 0.05) is 42.1 Å². The molecule has 3 aromatic rings. The van der Waals surface area contributed by atoms with Gasteiger partial charge in [-0.05, 0) is 36.4 Å². The predicted molar refractivity (Wildman–Crippen MR) is 124 cm³/mol. The van der Waals surface area contributed by atoms with Crippen molar-refractivity contribution in [3.8, 4) is 22.1 Å². The van der Waals surface area contributed by atoms with Gasteiger partial charge in [0.25, 0.3) is 11.8 Å². The van der Waals surface area contributed by atoms with Gasteiger partial charge in [-0.3, -0.25) is 9.59 Å². The van der Waals surface area contributed by atoms with Gasteiger partial charge in [-0.15, -0.1) is 11.3 Å². The number of carbonyl (C=O) groups excluding carboxylic acids is 2. The topological polar surface area (TPSA) is 72.0 Å². The third-order valence-electron chi connectivity index (χ3n) is 5.30. The largest absolute Gasteiger partial charge is 0.493 e. The first-order chi connectivity index (χ1) is 15.5. The molecule has 0 saturated carbocycles. The molecule has 32 heavy (non-hydrogen) atoms. The number of para-hydroxylation sites is 1. The van der Waals surface area contributed by atoms with Crippen LogP contribution in [0, 0.1) is 0 Å². The zero-order chi connectivity index (χ0) is 22.7. The Morgan fingerprint density at radius 2 is 1.59 bits per heavy atom. The third kappa shape index (κ3) is 4.42. The van der Waals surface area contributed by atoms with Gasteiger partial charge in [-0.2, -0.15) is 0 Å². The number of nitrogens with zero attached hydrogens (tertiary/aromatic N) is 3. The quantitative estimate of drug-likeness (QED) is 0.560. The first kappa shape index (κ1) is 22.1. The Kier molecular flexibility index (Phi) is 6.62. The highest BCUT2D eigenvalue weighted by Gasteiger charge is 2.27. The van der Waals surface area contributed by atoms with E-state index >= 15 is 0 Å². The van der Waals surface area contributed by atoms with Crippen molar-refractivity contribution in [3.63, 3.8) is 0 Å². The van der Waals surface area contributed by atoms with Crippen LogP contribution in [-0.4, -0.2) is 67.0 Å². The van der Waals surface area contributed by atoms with E-state index in [0.29, 0.717) is 59.0 Å². The SMILES string of the molecule is COc1cccc(-c2nc(C(=O)N3CCN(C(=O)c4ccc(Cl)cc4)CC3)cs2)c1OC. The van der Waals surface area contributed by atoms with Crippen LogP contribution in [0.5, 0.6) is 11.5 Å². The maximum atomic E-state index is 13.0. The number of ether oxygens (including phenoxy) is 2. The molecule has 2 heterocycles. The average Bonchev–Trinajstić information content (AvgIpc) is 3.33. The maximum Gasteiger partial charge on any atom is 0.273 e. The van der Waals surface area contributed by atoms with Crippen molar-refractivity contribution in [2.45, 2.75) is 0 Å². The summed E-state index contributed by atoms with van der Waals surface area (Å²) < 4.78 is 10.8. The van der Waals surface area contributed by atoms with Crippen molar-refractivity contribution in [2.24, 2.45) is 0 Å². The van der Waals surface area contributed by atoms with E-state index in [1.54, 1.807) is 53.7 Å². The highest BCUT2D eigenvalue weighted by Crippen LogP contribution is 2.39. The summed E-state index contributed by atoms with van der Waals surface area (Å²) in [7, 11) is 3.15. The molecule has 0 N–H and O–H groups in total. The first-order valence-electron chi connectivity index (χ1n) is 10.0. The number of amides is 2. The van der Waals surface area contributed by atoms with Crippen LogP contribution in [-0.2, 0) is 0 Å². The maximum absolute atomic E-state index is 13.0. The van der Waals surface area contributed by atoms with Gasteiger partial charge in [0.2, 0.25) is 0 Å². The molecule has 9 heteroatoms. The van der Waals surface area contributed by atoms with Crippen LogP contribution >= 0.6 is 22.9 Å². The number of thiazole rings is 1. The second-order valence-electron chi connectivity index (χ2n) is 7.17. The van der Waals surface area contributed by atoms with Crippen molar-refractivity contribution in [1.82, 2.24) is 14.8 Å². The summed E-state index contributed by atoms with van der Waals surface area (Å²) in [6.45, 7) is 1.84. The Morgan fingerprint density at radius 1 is 0.938 bits per heavy atom. The van der Waals surface area contributed by atoms with E-state index in [1.165, 1.54) is 11.3 Å². The molecule has 1 aliphatic heterocycles. The van der Waals surface area contributed by atoms with Gasteiger partial charge in [0.05, 0.1) is 19.8 Å². The highest BCUT2D eigenvalue weighted by atomic mass is 35.5.